The summed E-state index contributed by atoms with van der Waals surface area (Å²) in [5.74, 6) is 1.60. The van der Waals surface area contributed by atoms with Crippen LogP contribution in [0.4, 0.5) is 5.69 Å². The van der Waals surface area contributed by atoms with Crippen LogP contribution >= 0.6 is 0 Å². The van der Waals surface area contributed by atoms with Gasteiger partial charge in [-0.1, -0.05) is 6.07 Å². The number of phenolic OH excluding ortho intramolecular Hbond substituents is 1. The Morgan fingerprint density at radius 3 is 2.61 bits per heavy atom. The first-order chi connectivity index (χ1) is 21.5. The van der Waals surface area contributed by atoms with E-state index in [0.717, 1.165) is 56.0 Å². The molecule has 1 amide bonds. The van der Waals surface area contributed by atoms with Crippen molar-refractivity contribution in [1.29, 1.82) is 0 Å². The van der Waals surface area contributed by atoms with Crippen LogP contribution in [0.5, 0.6) is 17.4 Å². The first-order valence-electron chi connectivity index (χ1n) is 14.7. The monoisotopic (exact) mass is 592 g/mol. The number of hydrogen-bond acceptors (Lipinski definition) is 8. The Morgan fingerprint density at radius 1 is 1.00 bits per heavy atom. The minimum atomic E-state index is -0.239. The topological polar surface area (TPSA) is 116 Å². The molecule has 226 valence electrons. The van der Waals surface area contributed by atoms with Crippen molar-refractivity contribution in [2.45, 2.75) is 6.42 Å². The van der Waals surface area contributed by atoms with Crippen LogP contribution in [-0.2, 0) is 0 Å². The van der Waals surface area contributed by atoms with E-state index < -0.39 is 0 Å². The van der Waals surface area contributed by atoms with E-state index in [2.05, 4.69) is 37.1 Å². The highest BCUT2D eigenvalue weighted by Gasteiger charge is 2.16. The third kappa shape index (κ3) is 6.66. The molecule has 10 heteroatoms. The smallest absolute Gasteiger partial charge is 0.255 e. The maximum atomic E-state index is 13.1. The van der Waals surface area contributed by atoms with Gasteiger partial charge in [-0.05, 0) is 85.8 Å². The highest BCUT2D eigenvalue weighted by atomic mass is 16.5. The molecule has 1 saturated heterocycles. The lowest BCUT2D eigenvalue weighted by molar-refractivity contribution is 0.102. The van der Waals surface area contributed by atoms with E-state index >= 15 is 0 Å². The van der Waals surface area contributed by atoms with Crippen molar-refractivity contribution in [3.8, 4) is 39.9 Å². The van der Waals surface area contributed by atoms with Crippen molar-refractivity contribution >= 4 is 22.6 Å². The fraction of sp³-hybridized carbons (Fsp3) is 0.265. The van der Waals surface area contributed by atoms with Crippen LogP contribution in [0.25, 0.3) is 33.5 Å². The lowest BCUT2D eigenvalue weighted by atomic mass is 10.0. The van der Waals surface area contributed by atoms with Crippen molar-refractivity contribution < 1.29 is 19.4 Å². The number of piperazine rings is 1. The van der Waals surface area contributed by atoms with E-state index in [0.29, 0.717) is 46.2 Å². The summed E-state index contributed by atoms with van der Waals surface area (Å²) in [6, 6.07) is 21.7. The van der Waals surface area contributed by atoms with E-state index in [1.807, 2.05) is 42.5 Å². The number of nitrogens with zero attached hydrogens (tertiary/aromatic N) is 4. The van der Waals surface area contributed by atoms with Gasteiger partial charge in [-0.25, -0.2) is 9.97 Å². The molecule has 0 bridgehead atoms. The van der Waals surface area contributed by atoms with Crippen molar-refractivity contribution in [3.63, 3.8) is 0 Å². The number of phenols is 1. The number of benzene rings is 3. The number of nitrogens with one attached hydrogen (secondary N) is 2. The molecule has 0 unspecified atom stereocenters. The van der Waals surface area contributed by atoms with Gasteiger partial charge in [0.1, 0.15) is 17.3 Å². The molecule has 0 spiro atoms. The summed E-state index contributed by atoms with van der Waals surface area (Å²) in [6.07, 6.45) is 2.64. The average molecular weight is 593 g/mol. The van der Waals surface area contributed by atoms with E-state index in [1.54, 1.807) is 43.6 Å². The first-order valence-corrected chi connectivity index (χ1v) is 14.7. The lowest BCUT2D eigenvalue weighted by Gasteiger charge is -2.32. The quantitative estimate of drug-likeness (QED) is 0.188. The van der Waals surface area contributed by atoms with E-state index in [9.17, 15) is 9.90 Å². The molecule has 1 aliphatic rings. The van der Waals surface area contributed by atoms with Crippen molar-refractivity contribution in [2.75, 3.05) is 58.8 Å². The maximum Gasteiger partial charge on any atom is 0.255 e. The number of amides is 1. The Kier molecular flexibility index (Phi) is 8.71. The van der Waals surface area contributed by atoms with E-state index in [4.69, 9.17) is 9.47 Å². The second kappa shape index (κ2) is 13.2. The standard InChI is InChI=1S/C34H36N6O4/c1-39-16-18-40(19-17-39)15-4-20-44-26-10-8-25(9-11-26)36-33(42)24-6-12-29-30(22-24)38-32(37-29)28-21-23(7-13-31(28)41)27-5-3-14-35-34(27)43-2/h3,5-14,21-22,41H,4,15-20H2,1-2H3,(H,36,42)(H,37,38). The number of aromatic amines is 1. The average Bonchev–Trinajstić information content (AvgIpc) is 3.48. The molecule has 1 fully saturated rings. The number of anilines is 1. The molecular weight excluding hydrogens is 556 g/mol. The second-order valence-corrected chi connectivity index (χ2v) is 10.9. The van der Waals surface area contributed by atoms with Gasteiger partial charge in [0.25, 0.3) is 5.91 Å². The van der Waals surface area contributed by atoms with E-state index in [-0.39, 0.29) is 11.7 Å². The van der Waals surface area contributed by atoms with Gasteiger partial charge >= 0.3 is 0 Å². The number of methoxy groups -OCH3 is 1. The molecular formula is C34H36N6O4. The molecule has 6 rings (SSSR count). The number of hydrogen-bond donors (Lipinski definition) is 3. The molecule has 1 aliphatic heterocycles. The molecule has 2 aromatic heterocycles. The Bertz CT molecular complexity index is 1750. The number of rotatable bonds is 10. The molecule has 0 atom stereocenters. The molecule has 44 heavy (non-hydrogen) atoms. The Hall–Kier alpha value is -4.93. The van der Waals surface area contributed by atoms with Gasteiger partial charge in [0.15, 0.2) is 0 Å². The summed E-state index contributed by atoms with van der Waals surface area (Å²) in [6.45, 7) is 6.16. The summed E-state index contributed by atoms with van der Waals surface area (Å²) in [7, 11) is 3.73. The van der Waals surface area contributed by atoms with Gasteiger partial charge < -0.3 is 34.7 Å². The van der Waals surface area contributed by atoms with Crippen LogP contribution in [0.2, 0.25) is 0 Å². The summed E-state index contributed by atoms with van der Waals surface area (Å²) in [4.78, 5) is 30.1. The fourth-order valence-corrected chi connectivity index (χ4v) is 5.33. The van der Waals surface area contributed by atoms with Gasteiger partial charge in [-0.15, -0.1) is 0 Å². The van der Waals surface area contributed by atoms with Gasteiger partial charge in [0, 0.05) is 55.7 Å². The van der Waals surface area contributed by atoms with Crippen molar-refractivity contribution in [2.24, 2.45) is 0 Å². The van der Waals surface area contributed by atoms with Crippen LogP contribution in [0, 0.1) is 0 Å². The number of aromatic nitrogens is 3. The number of fused-ring (bicyclic) bond motifs is 1. The molecule has 3 aromatic carbocycles. The zero-order valence-corrected chi connectivity index (χ0v) is 24.9. The Labute approximate surface area is 256 Å². The summed E-state index contributed by atoms with van der Waals surface area (Å²) >= 11 is 0. The Morgan fingerprint density at radius 2 is 1.82 bits per heavy atom. The molecule has 0 radical (unpaired) electrons. The molecule has 5 aromatic rings. The molecule has 3 heterocycles. The third-order valence-corrected chi connectivity index (χ3v) is 7.87. The fourth-order valence-electron chi connectivity index (χ4n) is 5.33. The second-order valence-electron chi connectivity index (χ2n) is 10.9. The number of aromatic hydroxyl groups is 1. The van der Waals surface area contributed by atoms with Gasteiger partial charge in [0.2, 0.25) is 5.88 Å². The van der Waals surface area contributed by atoms with E-state index in [1.165, 1.54) is 0 Å². The van der Waals surface area contributed by atoms with Crippen molar-refractivity contribution in [3.05, 3.63) is 84.6 Å². The third-order valence-electron chi connectivity index (χ3n) is 7.87. The van der Waals surface area contributed by atoms with Gasteiger partial charge in [-0.3, -0.25) is 4.79 Å². The Balaban J connectivity index is 1.09. The summed E-state index contributed by atoms with van der Waals surface area (Å²) in [5, 5.41) is 13.6. The number of pyridine rings is 1. The summed E-state index contributed by atoms with van der Waals surface area (Å²) < 4.78 is 11.3. The molecule has 0 saturated carbocycles. The highest BCUT2D eigenvalue weighted by Crippen LogP contribution is 2.35. The van der Waals surface area contributed by atoms with Gasteiger partial charge in [0.05, 0.1) is 30.3 Å². The predicted molar refractivity (Wildman–Crippen MR) is 171 cm³/mol. The maximum absolute atomic E-state index is 13.1. The van der Waals surface area contributed by atoms with Crippen LogP contribution in [0.1, 0.15) is 16.8 Å². The molecule has 3 N–H and O–H groups in total. The zero-order valence-electron chi connectivity index (χ0n) is 24.9. The largest absolute Gasteiger partial charge is 0.507 e. The number of carbonyl (C=O) groups is 1. The highest BCUT2D eigenvalue weighted by molar-refractivity contribution is 6.06. The number of ether oxygens (including phenoxy) is 2. The number of imidazole rings is 1. The summed E-state index contributed by atoms with van der Waals surface area (Å²) in [5.41, 5.74) is 4.66. The first kappa shape index (κ1) is 29.2. The lowest BCUT2D eigenvalue weighted by Crippen LogP contribution is -2.44. The van der Waals surface area contributed by atoms with Crippen LogP contribution in [0.3, 0.4) is 0 Å². The number of carbonyl (C=O) groups excluding carboxylic acids is 1. The number of likely N-dealkylation sites (N-methyl/N-ethyl adjacent to an activating group) is 1. The van der Waals surface area contributed by atoms with Crippen LogP contribution in [0.15, 0.2) is 79.0 Å². The van der Waals surface area contributed by atoms with Crippen LogP contribution < -0.4 is 14.8 Å². The van der Waals surface area contributed by atoms with Gasteiger partial charge in [-0.2, -0.15) is 0 Å². The van der Waals surface area contributed by atoms with Crippen molar-refractivity contribution in [1.82, 2.24) is 24.8 Å². The van der Waals surface area contributed by atoms with Crippen LogP contribution in [-0.4, -0.2) is 89.3 Å². The zero-order chi connectivity index (χ0) is 30.5. The number of H-pyrrole nitrogens is 1. The molecule has 10 nitrogen and oxygen atoms in total. The minimum absolute atomic E-state index is 0.0797. The molecule has 0 aliphatic carbocycles. The normalized spacial score (nSPS) is 14.0. The SMILES string of the molecule is COc1ncccc1-c1ccc(O)c(-c2nc3ccc(C(=O)Nc4ccc(OCCCN5CCN(C)CC5)cc4)cc3[nH]2)c1. The predicted octanol–water partition coefficient (Wildman–Crippen LogP) is 5.27. The minimum Gasteiger partial charge on any atom is -0.507 e.